The number of cyclic esters (lactones) is 1. The quantitative estimate of drug-likeness (QED) is 0.771. The Morgan fingerprint density at radius 2 is 2.30 bits per heavy atom. The summed E-state index contributed by atoms with van der Waals surface area (Å²) in [6.07, 6.45) is 1.69. The Morgan fingerprint density at radius 3 is 3.00 bits per heavy atom. The largest absolute Gasteiger partial charge is 0.459 e. The molecule has 0 radical (unpaired) electrons. The number of rotatable bonds is 7. The van der Waals surface area contributed by atoms with Crippen LogP contribution in [0.3, 0.4) is 0 Å². The van der Waals surface area contributed by atoms with Crippen molar-refractivity contribution in [3.63, 3.8) is 0 Å². The number of nitrogens with zero attached hydrogens (tertiary/aromatic N) is 1. The van der Waals surface area contributed by atoms with Gasteiger partial charge in [-0.3, -0.25) is 0 Å². The van der Waals surface area contributed by atoms with Crippen molar-refractivity contribution in [1.29, 1.82) is 0 Å². The second-order valence-corrected chi connectivity index (χ2v) is 6.92. The highest BCUT2D eigenvalue weighted by Crippen LogP contribution is 2.21. The number of amides is 1. The topological polar surface area (TPSA) is 76.1 Å². The average Bonchev–Trinajstić information content (AvgIpc) is 2.97. The standard InChI is InChI=1S/C16H23NO5S/c1-11(2)22-15(19)14-6-5-13(23-14)4-3-8-17-12(10-18)7-9-21-16(17)20/h5-6,11-12,18H,3-4,7-10H2,1-2H3/t12-/m1/s1. The lowest BCUT2D eigenvalue weighted by atomic mass is 10.1. The van der Waals surface area contributed by atoms with Crippen LogP contribution in [0, 0.1) is 0 Å². The Kier molecular flexibility index (Phi) is 6.41. The molecule has 0 saturated carbocycles. The van der Waals surface area contributed by atoms with E-state index in [0.29, 0.717) is 24.4 Å². The summed E-state index contributed by atoms with van der Waals surface area (Å²) in [6, 6.07) is 3.53. The maximum absolute atomic E-state index is 11.8. The summed E-state index contributed by atoms with van der Waals surface area (Å²) in [5.74, 6) is -0.295. The minimum absolute atomic E-state index is 0.0424. The Labute approximate surface area is 140 Å². The lowest BCUT2D eigenvalue weighted by Gasteiger charge is -2.33. The number of aliphatic hydroxyl groups is 1. The molecule has 1 saturated heterocycles. The highest BCUT2D eigenvalue weighted by atomic mass is 32.1. The Hall–Kier alpha value is -1.60. The molecule has 1 aromatic rings. The molecule has 1 aliphatic rings. The zero-order chi connectivity index (χ0) is 16.8. The van der Waals surface area contributed by atoms with Gasteiger partial charge in [-0.1, -0.05) is 0 Å². The zero-order valence-corrected chi connectivity index (χ0v) is 14.3. The molecular weight excluding hydrogens is 318 g/mol. The highest BCUT2D eigenvalue weighted by Gasteiger charge is 2.28. The van der Waals surface area contributed by atoms with Crippen LogP contribution < -0.4 is 0 Å². The number of hydrogen-bond donors (Lipinski definition) is 1. The predicted octanol–water partition coefficient (Wildman–Crippen LogP) is 2.45. The molecule has 1 atom stereocenters. The van der Waals surface area contributed by atoms with Crippen LogP contribution in [0.1, 0.15) is 41.2 Å². The van der Waals surface area contributed by atoms with Gasteiger partial charge in [0.1, 0.15) is 4.88 Å². The van der Waals surface area contributed by atoms with Gasteiger partial charge >= 0.3 is 12.1 Å². The van der Waals surface area contributed by atoms with Gasteiger partial charge in [0.25, 0.3) is 0 Å². The monoisotopic (exact) mass is 341 g/mol. The van der Waals surface area contributed by atoms with E-state index in [2.05, 4.69) is 0 Å². The van der Waals surface area contributed by atoms with Gasteiger partial charge in [-0.05, 0) is 38.8 Å². The molecule has 128 valence electrons. The first-order chi connectivity index (χ1) is 11.0. The molecule has 1 fully saturated rings. The Bertz CT molecular complexity index is 542. The number of carbonyl (C=O) groups excluding carboxylic acids is 2. The summed E-state index contributed by atoms with van der Waals surface area (Å²) < 4.78 is 10.2. The summed E-state index contributed by atoms with van der Waals surface area (Å²) in [6.45, 7) is 4.50. The van der Waals surface area contributed by atoms with E-state index in [-0.39, 0.29) is 30.8 Å². The van der Waals surface area contributed by atoms with Gasteiger partial charge in [-0.15, -0.1) is 11.3 Å². The van der Waals surface area contributed by atoms with E-state index < -0.39 is 0 Å². The van der Waals surface area contributed by atoms with Crippen LogP contribution in [0.2, 0.25) is 0 Å². The van der Waals surface area contributed by atoms with Crippen molar-refractivity contribution in [3.05, 3.63) is 21.9 Å². The van der Waals surface area contributed by atoms with E-state index in [1.165, 1.54) is 11.3 Å². The van der Waals surface area contributed by atoms with Crippen LogP contribution in [0.25, 0.3) is 0 Å². The van der Waals surface area contributed by atoms with Crippen molar-refractivity contribution in [2.75, 3.05) is 19.8 Å². The lowest BCUT2D eigenvalue weighted by molar-refractivity contribution is 0.0248. The van der Waals surface area contributed by atoms with Crippen LogP contribution in [0.4, 0.5) is 4.79 Å². The Morgan fingerprint density at radius 1 is 1.52 bits per heavy atom. The molecule has 1 N–H and O–H groups in total. The third-order valence-electron chi connectivity index (χ3n) is 3.59. The molecule has 6 nitrogen and oxygen atoms in total. The van der Waals surface area contributed by atoms with Gasteiger partial charge in [0.05, 0.1) is 25.4 Å². The summed E-state index contributed by atoms with van der Waals surface area (Å²) in [7, 11) is 0. The molecule has 2 rings (SSSR count). The fourth-order valence-electron chi connectivity index (χ4n) is 2.45. The van der Waals surface area contributed by atoms with E-state index in [1.807, 2.05) is 19.9 Å². The Balaban J connectivity index is 1.83. The lowest BCUT2D eigenvalue weighted by Crippen LogP contribution is -2.47. The van der Waals surface area contributed by atoms with Crippen LogP contribution in [0.5, 0.6) is 0 Å². The van der Waals surface area contributed by atoms with Gasteiger partial charge in [0.15, 0.2) is 0 Å². The van der Waals surface area contributed by atoms with Gasteiger partial charge in [0.2, 0.25) is 0 Å². The fraction of sp³-hybridized carbons (Fsp3) is 0.625. The fourth-order valence-corrected chi connectivity index (χ4v) is 3.38. The summed E-state index contributed by atoms with van der Waals surface area (Å²) in [5.41, 5.74) is 0. The molecular formula is C16H23NO5S. The smallest absolute Gasteiger partial charge is 0.410 e. The van der Waals surface area contributed by atoms with Gasteiger partial charge in [0, 0.05) is 17.8 Å². The second kappa shape index (κ2) is 8.31. The van der Waals surface area contributed by atoms with E-state index in [4.69, 9.17) is 9.47 Å². The van der Waals surface area contributed by atoms with Crippen LogP contribution in [0.15, 0.2) is 12.1 Å². The SMILES string of the molecule is CC(C)OC(=O)c1ccc(CCCN2C(=O)OCC[C@@H]2CO)s1. The predicted molar refractivity (Wildman–Crippen MR) is 86.7 cm³/mol. The van der Waals surface area contributed by atoms with E-state index in [1.54, 1.807) is 11.0 Å². The third kappa shape index (κ3) is 4.94. The van der Waals surface area contributed by atoms with Crippen molar-refractivity contribution < 1.29 is 24.2 Å². The summed E-state index contributed by atoms with van der Waals surface area (Å²) in [5, 5.41) is 9.33. The molecule has 0 aromatic carbocycles. The molecule has 0 bridgehead atoms. The number of thiophene rings is 1. The first-order valence-corrected chi connectivity index (χ1v) is 8.67. The van der Waals surface area contributed by atoms with Gasteiger partial charge < -0.3 is 19.5 Å². The number of ether oxygens (including phenoxy) is 2. The van der Waals surface area contributed by atoms with Crippen molar-refractivity contribution in [2.24, 2.45) is 0 Å². The maximum atomic E-state index is 11.8. The molecule has 0 aliphatic carbocycles. The number of aryl methyl sites for hydroxylation is 1. The average molecular weight is 341 g/mol. The summed E-state index contributed by atoms with van der Waals surface area (Å²) in [4.78, 5) is 26.8. The molecule has 1 amide bonds. The van der Waals surface area contributed by atoms with E-state index >= 15 is 0 Å². The first-order valence-electron chi connectivity index (χ1n) is 7.85. The molecule has 2 heterocycles. The number of hydrogen-bond acceptors (Lipinski definition) is 6. The molecule has 1 aromatic heterocycles. The van der Waals surface area contributed by atoms with Crippen molar-refractivity contribution in [1.82, 2.24) is 4.90 Å². The van der Waals surface area contributed by atoms with Crippen LogP contribution in [-0.2, 0) is 15.9 Å². The minimum Gasteiger partial charge on any atom is -0.459 e. The number of carbonyl (C=O) groups is 2. The first kappa shape index (κ1) is 17.7. The molecule has 1 aliphatic heterocycles. The number of aliphatic hydroxyl groups excluding tert-OH is 1. The molecule has 0 spiro atoms. The van der Waals surface area contributed by atoms with E-state index in [0.717, 1.165) is 17.7 Å². The highest BCUT2D eigenvalue weighted by molar-refractivity contribution is 7.13. The van der Waals surface area contributed by atoms with Crippen molar-refractivity contribution in [3.8, 4) is 0 Å². The van der Waals surface area contributed by atoms with Gasteiger partial charge in [-0.2, -0.15) is 0 Å². The normalized spacial score (nSPS) is 18.2. The van der Waals surface area contributed by atoms with Crippen LogP contribution >= 0.6 is 11.3 Å². The van der Waals surface area contributed by atoms with Crippen LogP contribution in [-0.4, -0.2) is 54.0 Å². The van der Waals surface area contributed by atoms with Crippen molar-refractivity contribution >= 4 is 23.4 Å². The number of esters is 1. The molecule has 23 heavy (non-hydrogen) atoms. The van der Waals surface area contributed by atoms with Crippen molar-refractivity contribution in [2.45, 2.75) is 45.3 Å². The second-order valence-electron chi connectivity index (χ2n) is 5.76. The molecule has 7 heteroatoms. The zero-order valence-electron chi connectivity index (χ0n) is 13.5. The third-order valence-corrected chi connectivity index (χ3v) is 4.72. The van der Waals surface area contributed by atoms with E-state index in [9.17, 15) is 14.7 Å². The minimum atomic E-state index is -0.359. The van der Waals surface area contributed by atoms with Gasteiger partial charge in [-0.25, -0.2) is 9.59 Å². The molecule has 0 unspecified atom stereocenters. The maximum Gasteiger partial charge on any atom is 0.410 e. The summed E-state index contributed by atoms with van der Waals surface area (Å²) >= 11 is 1.42.